The Bertz CT molecular complexity index is 437. The van der Waals surface area contributed by atoms with Crippen LogP contribution >= 0.6 is 15.9 Å². The van der Waals surface area contributed by atoms with Crippen LogP contribution in [0.5, 0.6) is 0 Å². The molecule has 0 bridgehead atoms. The van der Waals surface area contributed by atoms with Gasteiger partial charge in [-0.05, 0) is 42.4 Å². The first-order valence-corrected chi connectivity index (χ1v) is 6.52. The summed E-state index contributed by atoms with van der Waals surface area (Å²) in [6, 6.07) is 4.32. The Balaban J connectivity index is 2.54. The number of halogens is 1. The molecule has 1 aliphatic rings. The first-order valence-electron chi connectivity index (χ1n) is 5.73. The first-order chi connectivity index (χ1) is 7.35. The zero-order chi connectivity index (χ0) is 12.1. The Kier molecular flexibility index (Phi) is 2.71. The van der Waals surface area contributed by atoms with E-state index in [2.05, 4.69) is 55.8 Å². The standard InChI is InChI=1S/C14H19BrO/c1-9-5-6-11(10(2)12(9)15)14(8-16)7-13(14,3)4/h5-6,16H,7-8H2,1-4H3. The van der Waals surface area contributed by atoms with Crippen LogP contribution in [-0.2, 0) is 5.41 Å². The van der Waals surface area contributed by atoms with Crippen LogP contribution in [0.4, 0.5) is 0 Å². The molecule has 0 saturated heterocycles. The van der Waals surface area contributed by atoms with Crippen LogP contribution in [0.3, 0.4) is 0 Å². The highest BCUT2D eigenvalue weighted by Gasteiger charge is 2.62. The normalized spacial score (nSPS) is 26.9. The molecule has 1 nitrogen and oxygen atoms in total. The molecule has 1 aromatic rings. The summed E-state index contributed by atoms with van der Waals surface area (Å²) in [5.74, 6) is 0. The van der Waals surface area contributed by atoms with Gasteiger partial charge in [0.1, 0.15) is 0 Å². The van der Waals surface area contributed by atoms with Crippen LogP contribution in [0.2, 0.25) is 0 Å². The summed E-state index contributed by atoms with van der Waals surface area (Å²) in [5.41, 5.74) is 4.04. The number of hydrogen-bond donors (Lipinski definition) is 1. The molecule has 2 rings (SSSR count). The van der Waals surface area contributed by atoms with E-state index >= 15 is 0 Å². The van der Waals surface area contributed by atoms with E-state index in [0.717, 1.165) is 6.42 Å². The van der Waals surface area contributed by atoms with Gasteiger partial charge in [0.05, 0.1) is 6.61 Å². The van der Waals surface area contributed by atoms with E-state index in [-0.39, 0.29) is 17.4 Å². The average Bonchev–Trinajstić information content (AvgIpc) is 2.79. The molecule has 0 aliphatic heterocycles. The number of aliphatic hydroxyl groups is 1. The second-order valence-corrected chi connectivity index (χ2v) is 6.46. The molecule has 0 heterocycles. The summed E-state index contributed by atoms with van der Waals surface area (Å²) in [5, 5.41) is 9.71. The second-order valence-electron chi connectivity index (χ2n) is 5.67. The van der Waals surface area contributed by atoms with Crippen molar-refractivity contribution < 1.29 is 5.11 Å². The lowest BCUT2D eigenvalue weighted by atomic mass is 9.85. The average molecular weight is 283 g/mol. The highest BCUT2D eigenvalue weighted by atomic mass is 79.9. The monoisotopic (exact) mass is 282 g/mol. The largest absolute Gasteiger partial charge is 0.395 e. The molecule has 0 amide bonds. The van der Waals surface area contributed by atoms with Crippen LogP contribution < -0.4 is 0 Å². The molecule has 1 atom stereocenters. The number of aryl methyl sites for hydroxylation is 1. The maximum absolute atomic E-state index is 9.71. The predicted molar refractivity (Wildman–Crippen MR) is 70.8 cm³/mol. The fraction of sp³-hybridized carbons (Fsp3) is 0.571. The maximum Gasteiger partial charge on any atom is 0.0533 e. The van der Waals surface area contributed by atoms with E-state index in [4.69, 9.17) is 0 Å². The molecule has 1 aliphatic carbocycles. The zero-order valence-electron chi connectivity index (χ0n) is 10.4. The van der Waals surface area contributed by atoms with Gasteiger partial charge in [0, 0.05) is 9.89 Å². The van der Waals surface area contributed by atoms with Crippen LogP contribution in [0.1, 0.15) is 37.0 Å². The Morgan fingerprint density at radius 2 is 1.88 bits per heavy atom. The van der Waals surface area contributed by atoms with E-state index in [9.17, 15) is 5.11 Å². The van der Waals surface area contributed by atoms with Gasteiger partial charge in [-0.1, -0.05) is 41.9 Å². The predicted octanol–water partition coefficient (Wildman–Crippen LogP) is 3.73. The molecule has 0 spiro atoms. The van der Waals surface area contributed by atoms with Crippen LogP contribution in [0, 0.1) is 19.3 Å². The summed E-state index contributed by atoms with van der Waals surface area (Å²) >= 11 is 3.64. The van der Waals surface area contributed by atoms with Crippen molar-refractivity contribution in [2.75, 3.05) is 6.61 Å². The van der Waals surface area contributed by atoms with Gasteiger partial charge in [-0.15, -0.1) is 0 Å². The minimum absolute atomic E-state index is 0.0205. The van der Waals surface area contributed by atoms with Crippen molar-refractivity contribution in [2.24, 2.45) is 5.41 Å². The smallest absolute Gasteiger partial charge is 0.0533 e. The molecule has 1 N–H and O–H groups in total. The van der Waals surface area contributed by atoms with Gasteiger partial charge in [0.25, 0.3) is 0 Å². The topological polar surface area (TPSA) is 20.2 Å². The third kappa shape index (κ3) is 1.46. The minimum Gasteiger partial charge on any atom is -0.395 e. The lowest BCUT2D eigenvalue weighted by Crippen LogP contribution is -2.20. The number of hydrogen-bond acceptors (Lipinski definition) is 1. The summed E-state index contributed by atoms with van der Waals surface area (Å²) in [4.78, 5) is 0. The van der Waals surface area contributed by atoms with E-state index in [1.54, 1.807) is 0 Å². The van der Waals surface area contributed by atoms with Crippen LogP contribution in [0.25, 0.3) is 0 Å². The van der Waals surface area contributed by atoms with Crippen molar-refractivity contribution in [1.29, 1.82) is 0 Å². The molecule has 2 heteroatoms. The zero-order valence-corrected chi connectivity index (χ0v) is 12.0. The number of benzene rings is 1. The summed E-state index contributed by atoms with van der Waals surface area (Å²) in [7, 11) is 0. The van der Waals surface area contributed by atoms with E-state index in [0.29, 0.717) is 0 Å². The van der Waals surface area contributed by atoms with Gasteiger partial charge >= 0.3 is 0 Å². The molecule has 88 valence electrons. The first kappa shape index (κ1) is 12.1. The summed E-state index contributed by atoms with van der Waals surface area (Å²) in [6.07, 6.45) is 1.08. The summed E-state index contributed by atoms with van der Waals surface area (Å²) < 4.78 is 1.18. The molecule has 0 radical (unpaired) electrons. The Morgan fingerprint density at radius 1 is 1.31 bits per heavy atom. The SMILES string of the molecule is Cc1ccc(C2(CO)CC2(C)C)c(C)c1Br. The fourth-order valence-electron chi connectivity index (χ4n) is 2.86. The molecule has 16 heavy (non-hydrogen) atoms. The van der Waals surface area contributed by atoms with Crippen LogP contribution in [0.15, 0.2) is 16.6 Å². The Hall–Kier alpha value is -0.340. The lowest BCUT2D eigenvalue weighted by Gasteiger charge is -2.22. The molecule has 0 aromatic heterocycles. The summed E-state index contributed by atoms with van der Waals surface area (Å²) in [6.45, 7) is 8.95. The van der Waals surface area contributed by atoms with Gasteiger partial charge in [0.15, 0.2) is 0 Å². The molecule has 1 fully saturated rings. The van der Waals surface area contributed by atoms with Crippen molar-refractivity contribution >= 4 is 15.9 Å². The molecule has 1 unspecified atom stereocenters. The van der Waals surface area contributed by atoms with Gasteiger partial charge in [-0.2, -0.15) is 0 Å². The molecular weight excluding hydrogens is 264 g/mol. The fourth-order valence-corrected chi connectivity index (χ4v) is 3.21. The van der Waals surface area contributed by atoms with Crippen molar-refractivity contribution in [3.63, 3.8) is 0 Å². The lowest BCUT2D eigenvalue weighted by molar-refractivity contribution is 0.231. The number of rotatable bonds is 2. The molecular formula is C14H19BrO. The van der Waals surface area contributed by atoms with Crippen molar-refractivity contribution in [3.8, 4) is 0 Å². The third-order valence-electron chi connectivity index (χ3n) is 4.28. The van der Waals surface area contributed by atoms with Crippen molar-refractivity contribution in [1.82, 2.24) is 0 Å². The maximum atomic E-state index is 9.71. The van der Waals surface area contributed by atoms with Crippen molar-refractivity contribution in [3.05, 3.63) is 33.3 Å². The number of aliphatic hydroxyl groups excluding tert-OH is 1. The van der Waals surface area contributed by atoms with Crippen molar-refractivity contribution in [2.45, 2.75) is 39.5 Å². The van der Waals surface area contributed by atoms with Gasteiger partial charge < -0.3 is 5.11 Å². The second kappa shape index (κ2) is 3.58. The van der Waals surface area contributed by atoms with Crippen LogP contribution in [-0.4, -0.2) is 11.7 Å². The quantitative estimate of drug-likeness (QED) is 0.877. The van der Waals surface area contributed by atoms with Gasteiger partial charge in [0.2, 0.25) is 0 Å². The molecule has 1 saturated carbocycles. The highest BCUT2D eigenvalue weighted by molar-refractivity contribution is 9.10. The minimum atomic E-state index is -0.0205. The third-order valence-corrected chi connectivity index (χ3v) is 5.50. The Morgan fingerprint density at radius 3 is 2.31 bits per heavy atom. The Labute approximate surface area is 106 Å². The van der Waals surface area contributed by atoms with E-state index in [1.807, 2.05) is 0 Å². The van der Waals surface area contributed by atoms with Gasteiger partial charge in [-0.3, -0.25) is 0 Å². The van der Waals surface area contributed by atoms with E-state index < -0.39 is 0 Å². The van der Waals surface area contributed by atoms with Gasteiger partial charge in [-0.25, -0.2) is 0 Å². The van der Waals surface area contributed by atoms with E-state index in [1.165, 1.54) is 21.2 Å². The highest BCUT2D eigenvalue weighted by Crippen LogP contribution is 2.64. The molecule has 1 aromatic carbocycles.